The molecular formula is C35H44I2O2. The third kappa shape index (κ3) is 7.09. The van der Waals surface area contributed by atoms with Crippen molar-refractivity contribution >= 4 is 56.5 Å². The van der Waals surface area contributed by atoms with E-state index in [0.717, 1.165) is 51.7 Å². The van der Waals surface area contributed by atoms with Crippen LogP contribution in [0.3, 0.4) is 0 Å². The van der Waals surface area contributed by atoms with E-state index in [1.54, 1.807) is 0 Å². The molecule has 1 aliphatic rings. The van der Waals surface area contributed by atoms with Gasteiger partial charge in [0.2, 0.25) is 0 Å². The van der Waals surface area contributed by atoms with E-state index in [4.69, 9.17) is 0 Å². The van der Waals surface area contributed by atoms with Crippen molar-refractivity contribution in [2.45, 2.75) is 93.9 Å². The molecule has 39 heavy (non-hydrogen) atoms. The summed E-state index contributed by atoms with van der Waals surface area (Å²) in [6, 6.07) is 10.9. The second-order valence-corrected chi connectivity index (χ2v) is 17.3. The zero-order chi connectivity index (χ0) is 29.9. The van der Waals surface area contributed by atoms with Crippen molar-refractivity contribution in [2.24, 2.45) is 10.8 Å². The summed E-state index contributed by atoms with van der Waals surface area (Å²) in [5, 5.41) is 11.5. The number of phenolic OH excluding ortho intramolecular Hbond substituents is 1. The number of allylic oxidation sites excluding steroid dienone is 5. The van der Waals surface area contributed by atoms with Gasteiger partial charge in [-0.1, -0.05) is 83.1 Å². The van der Waals surface area contributed by atoms with E-state index in [2.05, 4.69) is 171 Å². The molecule has 0 spiro atoms. The topological polar surface area (TPSA) is 37.3 Å². The highest BCUT2D eigenvalue weighted by atomic mass is 127. The first-order valence-electron chi connectivity index (χ1n) is 13.6. The largest absolute Gasteiger partial charge is 0.507 e. The summed E-state index contributed by atoms with van der Waals surface area (Å²) in [6.45, 7) is 25.6. The summed E-state index contributed by atoms with van der Waals surface area (Å²) in [5.74, 6) is 0.503. The first kappa shape index (κ1) is 32.1. The molecule has 0 amide bonds. The Morgan fingerprint density at radius 1 is 0.590 bits per heavy atom. The van der Waals surface area contributed by atoms with E-state index < -0.39 is 0 Å². The summed E-state index contributed by atoms with van der Waals surface area (Å²) in [4.78, 5) is 13.8. The van der Waals surface area contributed by atoms with Crippen LogP contribution in [0.1, 0.15) is 105 Å². The number of hydrogen-bond donors (Lipinski definition) is 1. The molecule has 3 rings (SSSR count). The van der Waals surface area contributed by atoms with Gasteiger partial charge in [0, 0.05) is 29.4 Å². The van der Waals surface area contributed by atoms with Crippen molar-refractivity contribution in [1.82, 2.24) is 0 Å². The van der Waals surface area contributed by atoms with Gasteiger partial charge in [-0.15, -0.1) is 0 Å². The van der Waals surface area contributed by atoms with Crippen LogP contribution in [0.5, 0.6) is 5.75 Å². The molecule has 210 valence electrons. The lowest BCUT2D eigenvalue weighted by Gasteiger charge is -2.32. The fourth-order valence-corrected chi connectivity index (χ4v) is 6.95. The van der Waals surface area contributed by atoms with Crippen molar-refractivity contribution in [3.63, 3.8) is 0 Å². The molecule has 0 bridgehead atoms. The van der Waals surface area contributed by atoms with E-state index in [1.807, 2.05) is 0 Å². The van der Waals surface area contributed by atoms with E-state index in [0.29, 0.717) is 5.75 Å². The van der Waals surface area contributed by atoms with E-state index in [9.17, 15) is 9.90 Å². The fourth-order valence-electron chi connectivity index (χ4n) is 5.01. The molecule has 2 aromatic rings. The van der Waals surface area contributed by atoms with Crippen LogP contribution < -0.4 is 0 Å². The lowest BCUT2D eigenvalue weighted by Crippen LogP contribution is -2.28. The number of aromatic hydroxyl groups is 1. The highest BCUT2D eigenvalue weighted by Crippen LogP contribution is 2.45. The third-order valence-corrected chi connectivity index (χ3v) is 8.41. The van der Waals surface area contributed by atoms with Crippen LogP contribution in [-0.4, -0.2) is 10.9 Å². The average Bonchev–Trinajstić information content (AvgIpc) is 2.71. The predicted octanol–water partition coefficient (Wildman–Crippen LogP) is 10.5. The van der Waals surface area contributed by atoms with Crippen LogP contribution in [0, 0.1) is 18.0 Å². The predicted molar refractivity (Wildman–Crippen MR) is 183 cm³/mol. The highest BCUT2D eigenvalue weighted by molar-refractivity contribution is 14.1. The molecule has 1 N–H and O–H groups in total. The molecule has 2 aromatic carbocycles. The number of benzene rings is 2. The van der Waals surface area contributed by atoms with E-state index in [1.165, 1.54) is 0 Å². The monoisotopic (exact) mass is 750 g/mol. The number of carbonyl (C=O) groups is 1. The smallest absolute Gasteiger partial charge is 0.186 e. The van der Waals surface area contributed by atoms with Gasteiger partial charge < -0.3 is 5.11 Å². The molecule has 0 aromatic heterocycles. The molecule has 0 saturated carbocycles. The molecule has 0 unspecified atom stereocenters. The number of hydrogen-bond acceptors (Lipinski definition) is 2. The normalized spacial score (nSPS) is 15.3. The summed E-state index contributed by atoms with van der Waals surface area (Å²) >= 11 is 4.77. The van der Waals surface area contributed by atoms with Crippen LogP contribution in [-0.2, 0) is 15.6 Å². The maximum Gasteiger partial charge on any atom is 0.186 e. The molecule has 0 atom stereocenters. The Morgan fingerprint density at radius 2 is 0.949 bits per heavy atom. The van der Waals surface area contributed by atoms with Crippen LogP contribution in [0.4, 0.5) is 0 Å². The number of carbonyl (C=O) groups excluding carboxylic acids is 1. The minimum absolute atomic E-state index is 0.131. The van der Waals surface area contributed by atoms with Crippen molar-refractivity contribution in [3.05, 3.63) is 88.6 Å². The van der Waals surface area contributed by atoms with E-state index in [-0.39, 0.29) is 27.4 Å². The van der Waals surface area contributed by atoms with Gasteiger partial charge in [-0.3, -0.25) is 4.79 Å². The summed E-state index contributed by atoms with van der Waals surface area (Å²) in [6.07, 6.45) is 4.22. The van der Waals surface area contributed by atoms with Crippen molar-refractivity contribution in [3.8, 4) is 5.75 Å². The quantitative estimate of drug-likeness (QED) is 0.311. The molecule has 0 aliphatic heterocycles. The second kappa shape index (κ2) is 10.8. The molecule has 4 heteroatoms. The van der Waals surface area contributed by atoms with Gasteiger partial charge in [-0.25, -0.2) is 0 Å². The molecule has 0 heterocycles. The van der Waals surface area contributed by atoms with Crippen molar-refractivity contribution in [2.75, 3.05) is 0 Å². The van der Waals surface area contributed by atoms with Gasteiger partial charge >= 0.3 is 0 Å². The fraction of sp³-hybridized carbons (Fsp3) is 0.457. The molecule has 0 fully saturated rings. The Morgan fingerprint density at radius 3 is 1.28 bits per heavy atom. The molecule has 2 nitrogen and oxygen atoms in total. The number of halogens is 2. The second-order valence-electron chi connectivity index (χ2n) is 14.9. The number of phenols is 1. The SMILES string of the molecule is CC(C)(C)C1=CC(=C(c2cc(I)cc(I)c2)c2cc(C(C)(C)C)c(O)c(C(C)(C)C)c2)C=C(C(C)(C)C)C1=O. The van der Waals surface area contributed by atoms with Gasteiger partial charge in [0.1, 0.15) is 5.75 Å². The maximum absolute atomic E-state index is 13.8. The summed E-state index contributed by atoms with van der Waals surface area (Å²) < 4.78 is 2.32. The average molecular weight is 751 g/mol. The van der Waals surface area contributed by atoms with Gasteiger partial charge in [0.25, 0.3) is 0 Å². The third-order valence-electron chi connectivity index (χ3n) is 7.16. The maximum atomic E-state index is 13.8. The van der Waals surface area contributed by atoms with Crippen molar-refractivity contribution < 1.29 is 9.90 Å². The lowest BCUT2D eigenvalue weighted by atomic mass is 9.70. The van der Waals surface area contributed by atoms with Gasteiger partial charge in [-0.2, -0.15) is 0 Å². The standard InChI is InChI=1S/C35H44I2O2/c1-32(2,3)25-15-21(16-26(30(25)38)33(4,5)6)29(20-13-23(36)19-24(37)14-20)22-17-27(34(7,8)9)31(39)28(18-22)35(10,11)12/h13-19,38H,1-12H3. The molecule has 1 aliphatic carbocycles. The zero-order valence-electron chi connectivity index (χ0n) is 25.7. The van der Waals surface area contributed by atoms with Crippen LogP contribution in [0.2, 0.25) is 0 Å². The Labute approximate surface area is 263 Å². The molecular weight excluding hydrogens is 706 g/mol. The number of rotatable bonds is 2. The first-order chi connectivity index (χ1) is 17.5. The Bertz CT molecular complexity index is 1320. The van der Waals surface area contributed by atoms with Crippen LogP contribution >= 0.6 is 45.2 Å². The lowest BCUT2D eigenvalue weighted by molar-refractivity contribution is -0.114. The van der Waals surface area contributed by atoms with Crippen molar-refractivity contribution in [1.29, 1.82) is 0 Å². The highest BCUT2D eigenvalue weighted by Gasteiger charge is 2.35. The zero-order valence-corrected chi connectivity index (χ0v) is 30.0. The minimum atomic E-state index is -0.306. The van der Waals surface area contributed by atoms with Gasteiger partial charge in [0.15, 0.2) is 5.78 Å². The first-order valence-corrected chi connectivity index (χ1v) is 15.8. The Hall–Kier alpha value is -1.41. The minimum Gasteiger partial charge on any atom is -0.507 e. The van der Waals surface area contributed by atoms with Crippen LogP contribution in [0.25, 0.3) is 5.57 Å². The number of Topliss-reactive ketones (excluding diaryl/α,β-unsaturated/α-hetero) is 1. The van der Waals surface area contributed by atoms with Gasteiger partial charge in [-0.05, 0) is 132 Å². The molecule has 0 saturated heterocycles. The Kier molecular flexibility index (Phi) is 8.87. The van der Waals surface area contributed by atoms with Gasteiger partial charge in [0.05, 0.1) is 0 Å². The van der Waals surface area contributed by atoms with E-state index >= 15 is 0 Å². The summed E-state index contributed by atoms with van der Waals surface area (Å²) in [7, 11) is 0. The number of ketones is 1. The summed E-state index contributed by atoms with van der Waals surface area (Å²) in [5.41, 5.74) is 6.67. The molecule has 0 radical (unpaired) electrons. The Balaban J connectivity index is 2.63. The van der Waals surface area contributed by atoms with Crippen LogP contribution in [0.15, 0.2) is 59.2 Å².